The number of nitriles is 2. The SMILES string of the molecule is CCOC(=O)/C(=N\Nc1ccc(Br)cc1)c1nc(N)c(C#N)c(N)c1C#N. The van der Waals surface area contributed by atoms with Crippen LogP contribution in [0.5, 0.6) is 0 Å². The summed E-state index contributed by atoms with van der Waals surface area (Å²) in [5.74, 6) is -1.04. The number of hydrogen-bond acceptors (Lipinski definition) is 9. The average Bonchev–Trinajstić information content (AvgIpc) is 2.64. The first-order valence-electron chi connectivity index (χ1n) is 7.58. The van der Waals surface area contributed by atoms with Gasteiger partial charge in [-0.25, -0.2) is 9.78 Å². The number of carbonyl (C=O) groups is 1. The molecule has 5 N–H and O–H groups in total. The Hall–Kier alpha value is -3.63. The monoisotopic (exact) mass is 427 g/mol. The van der Waals surface area contributed by atoms with Crippen LogP contribution in [-0.2, 0) is 9.53 Å². The third-order valence-corrected chi connectivity index (χ3v) is 3.85. The first-order valence-corrected chi connectivity index (χ1v) is 8.38. The summed E-state index contributed by atoms with van der Waals surface area (Å²) in [7, 11) is 0. The van der Waals surface area contributed by atoms with Gasteiger partial charge in [-0.05, 0) is 31.2 Å². The summed E-state index contributed by atoms with van der Waals surface area (Å²) in [5, 5.41) is 22.6. The van der Waals surface area contributed by atoms with Crippen molar-refractivity contribution < 1.29 is 9.53 Å². The molecule has 27 heavy (non-hydrogen) atoms. The number of hydrogen-bond donors (Lipinski definition) is 3. The summed E-state index contributed by atoms with van der Waals surface area (Å²) in [4.78, 5) is 16.3. The van der Waals surface area contributed by atoms with Crippen molar-refractivity contribution in [2.75, 3.05) is 23.5 Å². The van der Waals surface area contributed by atoms with Gasteiger partial charge in [-0.2, -0.15) is 15.6 Å². The van der Waals surface area contributed by atoms with Crippen molar-refractivity contribution in [3.8, 4) is 12.1 Å². The lowest BCUT2D eigenvalue weighted by atomic mass is 10.0. The standard InChI is InChI=1S/C17H14BrN7O2/c1-2-27-17(26)15(25-24-10-5-3-9(18)4-6-10)14-11(7-19)13(21)12(8-20)16(22)23-14/h3-6,24H,2H2,1H3,(H4,21,22,23)/b25-15-. The minimum atomic E-state index is -0.824. The molecule has 2 aromatic rings. The van der Waals surface area contributed by atoms with Gasteiger partial charge < -0.3 is 16.2 Å². The molecule has 0 aliphatic rings. The molecule has 0 saturated heterocycles. The number of halogens is 1. The van der Waals surface area contributed by atoms with Crippen molar-refractivity contribution in [3.63, 3.8) is 0 Å². The van der Waals surface area contributed by atoms with E-state index in [1.807, 2.05) is 6.07 Å². The van der Waals surface area contributed by atoms with E-state index in [-0.39, 0.29) is 40.6 Å². The Bertz CT molecular complexity index is 988. The van der Waals surface area contributed by atoms with Crippen molar-refractivity contribution in [2.24, 2.45) is 5.10 Å². The molecular formula is C17H14BrN7O2. The number of nitrogen functional groups attached to an aromatic ring is 2. The van der Waals surface area contributed by atoms with Gasteiger partial charge in [0.15, 0.2) is 5.71 Å². The van der Waals surface area contributed by atoms with Crippen molar-refractivity contribution in [3.05, 3.63) is 45.6 Å². The second-order valence-corrected chi connectivity index (χ2v) is 5.95. The average molecular weight is 428 g/mol. The highest BCUT2D eigenvalue weighted by Gasteiger charge is 2.25. The Labute approximate surface area is 163 Å². The van der Waals surface area contributed by atoms with Crippen LogP contribution in [0, 0.1) is 22.7 Å². The third kappa shape index (κ3) is 4.32. The molecule has 0 aliphatic carbocycles. The summed E-state index contributed by atoms with van der Waals surface area (Å²) in [6, 6.07) is 10.6. The summed E-state index contributed by atoms with van der Waals surface area (Å²) >= 11 is 3.32. The Morgan fingerprint density at radius 3 is 2.44 bits per heavy atom. The maximum atomic E-state index is 12.4. The Kier molecular flexibility index (Phi) is 6.31. The van der Waals surface area contributed by atoms with Crippen LogP contribution in [0.3, 0.4) is 0 Å². The van der Waals surface area contributed by atoms with Gasteiger partial charge in [-0.1, -0.05) is 15.9 Å². The second kappa shape index (κ2) is 8.65. The highest BCUT2D eigenvalue weighted by atomic mass is 79.9. The smallest absolute Gasteiger partial charge is 0.361 e. The summed E-state index contributed by atoms with van der Waals surface area (Å²) < 4.78 is 5.85. The molecule has 2 rings (SSSR count). The Balaban J connectivity index is 2.60. The predicted octanol–water partition coefficient (Wildman–Crippen LogP) is 2.13. The van der Waals surface area contributed by atoms with Gasteiger partial charge in [0.2, 0.25) is 0 Å². The molecule has 0 amide bonds. The molecule has 0 spiro atoms. The lowest BCUT2D eigenvalue weighted by molar-refractivity contribution is -0.134. The summed E-state index contributed by atoms with van der Waals surface area (Å²) in [6.45, 7) is 1.71. The molecule has 1 aromatic heterocycles. The zero-order valence-corrected chi connectivity index (χ0v) is 15.7. The van der Waals surface area contributed by atoms with Gasteiger partial charge in [0.25, 0.3) is 0 Å². The molecule has 0 bridgehead atoms. The molecule has 10 heteroatoms. The first kappa shape index (κ1) is 19.7. The lowest BCUT2D eigenvalue weighted by Gasteiger charge is -2.11. The van der Waals surface area contributed by atoms with Crippen molar-refractivity contribution in [2.45, 2.75) is 6.92 Å². The fourth-order valence-corrected chi connectivity index (χ4v) is 2.33. The van der Waals surface area contributed by atoms with E-state index in [1.165, 1.54) is 0 Å². The minimum absolute atomic E-state index is 0.0826. The van der Waals surface area contributed by atoms with Crippen LogP contribution >= 0.6 is 15.9 Å². The van der Waals surface area contributed by atoms with E-state index >= 15 is 0 Å². The number of anilines is 3. The van der Waals surface area contributed by atoms with Gasteiger partial charge in [0.05, 0.1) is 18.0 Å². The number of esters is 1. The van der Waals surface area contributed by atoms with E-state index in [9.17, 15) is 10.1 Å². The molecule has 136 valence electrons. The number of aromatic nitrogens is 1. The number of rotatable bonds is 5. The first-order chi connectivity index (χ1) is 12.9. The van der Waals surface area contributed by atoms with E-state index in [1.54, 1.807) is 37.3 Å². The topological polar surface area (TPSA) is 163 Å². The minimum Gasteiger partial charge on any atom is -0.461 e. The van der Waals surface area contributed by atoms with Crippen LogP contribution in [0.1, 0.15) is 23.7 Å². The highest BCUT2D eigenvalue weighted by Crippen LogP contribution is 2.25. The lowest BCUT2D eigenvalue weighted by Crippen LogP contribution is -2.24. The Morgan fingerprint density at radius 1 is 1.26 bits per heavy atom. The largest absolute Gasteiger partial charge is 0.461 e. The quantitative estimate of drug-likeness (QED) is 0.370. The van der Waals surface area contributed by atoms with Gasteiger partial charge in [-0.3, -0.25) is 5.43 Å². The fraction of sp³-hybridized carbons (Fsp3) is 0.118. The number of nitrogens with zero attached hydrogens (tertiary/aromatic N) is 4. The van der Waals surface area contributed by atoms with Gasteiger partial charge in [-0.15, -0.1) is 0 Å². The molecule has 0 fully saturated rings. The number of benzene rings is 1. The summed E-state index contributed by atoms with van der Waals surface area (Å²) in [6.07, 6.45) is 0. The maximum absolute atomic E-state index is 12.4. The number of nitrogens with one attached hydrogen (secondary N) is 1. The van der Waals surface area contributed by atoms with Crippen molar-refractivity contribution >= 4 is 44.8 Å². The van der Waals surface area contributed by atoms with Gasteiger partial charge >= 0.3 is 5.97 Å². The molecular weight excluding hydrogens is 414 g/mol. The van der Waals surface area contributed by atoms with Gasteiger partial charge in [0.1, 0.15) is 34.8 Å². The Morgan fingerprint density at radius 2 is 1.89 bits per heavy atom. The van der Waals surface area contributed by atoms with Crippen LogP contribution < -0.4 is 16.9 Å². The van der Waals surface area contributed by atoms with E-state index in [0.717, 1.165) is 4.47 Å². The van der Waals surface area contributed by atoms with E-state index in [0.29, 0.717) is 5.69 Å². The van der Waals surface area contributed by atoms with Crippen LogP contribution in [0.15, 0.2) is 33.8 Å². The van der Waals surface area contributed by atoms with Crippen LogP contribution in [0.2, 0.25) is 0 Å². The fourth-order valence-electron chi connectivity index (χ4n) is 2.06. The predicted molar refractivity (Wildman–Crippen MR) is 103 cm³/mol. The molecule has 0 aliphatic heterocycles. The molecule has 0 saturated carbocycles. The zero-order chi connectivity index (χ0) is 20.0. The van der Waals surface area contributed by atoms with Crippen LogP contribution in [0.25, 0.3) is 0 Å². The van der Waals surface area contributed by atoms with Gasteiger partial charge in [0, 0.05) is 4.47 Å². The van der Waals surface area contributed by atoms with Crippen LogP contribution in [0.4, 0.5) is 17.2 Å². The highest BCUT2D eigenvalue weighted by molar-refractivity contribution is 9.10. The van der Waals surface area contributed by atoms with E-state index < -0.39 is 5.97 Å². The normalized spacial score (nSPS) is 10.6. The number of ether oxygens (including phenoxy) is 1. The zero-order valence-electron chi connectivity index (χ0n) is 14.2. The number of carbonyl (C=O) groups excluding carboxylic acids is 1. The molecule has 0 atom stereocenters. The summed E-state index contributed by atoms with van der Waals surface area (Å²) in [5.41, 5.74) is 13.9. The molecule has 0 unspecified atom stereocenters. The number of nitrogens with two attached hydrogens (primary N) is 2. The molecule has 0 radical (unpaired) electrons. The second-order valence-electron chi connectivity index (χ2n) is 5.03. The van der Waals surface area contributed by atoms with E-state index in [2.05, 4.69) is 31.4 Å². The number of hydrazone groups is 1. The third-order valence-electron chi connectivity index (χ3n) is 3.32. The van der Waals surface area contributed by atoms with E-state index in [4.69, 9.17) is 21.5 Å². The number of pyridine rings is 1. The maximum Gasteiger partial charge on any atom is 0.361 e. The van der Waals surface area contributed by atoms with Crippen molar-refractivity contribution in [1.29, 1.82) is 10.5 Å². The van der Waals surface area contributed by atoms with Crippen LogP contribution in [-0.4, -0.2) is 23.3 Å². The molecule has 1 aromatic carbocycles. The molecule has 9 nitrogen and oxygen atoms in total. The van der Waals surface area contributed by atoms with Crippen molar-refractivity contribution in [1.82, 2.24) is 4.98 Å². The molecule has 1 heterocycles.